The van der Waals surface area contributed by atoms with Gasteiger partial charge in [-0.1, -0.05) is 0 Å². The summed E-state index contributed by atoms with van der Waals surface area (Å²) >= 11 is 0. The van der Waals surface area contributed by atoms with Crippen molar-refractivity contribution in [2.24, 2.45) is 0 Å². The van der Waals surface area contributed by atoms with E-state index in [1.165, 1.54) is 0 Å². The Morgan fingerprint density at radius 3 is 2.65 bits per heavy atom. The summed E-state index contributed by atoms with van der Waals surface area (Å²) in [6, 6.07) is 5.80. The SMILES string of the molecule is c1cc2c(cc1OC1CCNCC1)OCCO2. The summed E-state index contributed by atoms with van der Waals surface area (Å²) in [6.45, 7) is 3.32. The smallest absolute Gasteiger partial charge is 0.165 e. The maximum absolute atomic E-state index is 5.95. The molecule has 0 bridgehead atoms. The van der Waals surface area contributed by atoms with Crippen LogP contribution in [0.4, 0.5) is 0 Å². The molecule has 1 aromatic rings. The normalized spacial score (nSPS) is 20.0. The van der Waals surface area contributed by atoms with Crippen LogP contribution in [0, 0.1) is 0 Å². The lowest BCUT2D eigenvalue weighted by Gasteiger charge is -2.25. The highest BCUT2D eigenvalue weighted by Crippen LogP contribution is 2.34. The minimum Gasteiger partial charge on any atom is -0.490 e. The fourth-order valence-electron chi connectivity index (χ4n) is 2.20. The number of fused-ring (bicyclic) bond motifs is 1. The third kappa shape index (κ3) is 2.47. The largest absolute Gasteiger partial charge is 0.490 e. The number of piperidine rings is 1. The van der Waals surface area contributed by atoms with Gasteiger partial charge in [-0.2, -0.15) is 0 Å². The highest BCUT2D eigenvalue weighted by Gasteiger charge is 2.17. The van der Waals surface area contributed by atoms with E-state index in [0.717, 1.165) is 43.2 Å². The second kappa shape index (κ2) is 4.84. The first-order valence-electron chi connectivity index (χ1n) is 6.19. The van der Waals surface area contributed by atoms with Crippen LogP contribution < -0.4 is 19.5 Å². The quantitative estimate of drug-likeness (QED) is 0.845. The van der Waals surface area contributed by atoms with Gasteiger partial charge in [-0.25, -0.2) is 0 Å². The standard InChI is InChI=1S/C13H17NO3/c1-2-12-13(16-8-7-15-12)9-11(1)17-10-3-5-14-6-4-10/h1-2,9-10,14H,3-8H2. The lowest BCUT2D eigenvalue weighted by atomic mass is 10.1. The van der Waals surface area contributed by atoms with Gasteiger partial charge in [0.2, 0.25) is 0 Å². The van der Waals surface area contributed by atoms with Crippen molar-refractivity contribution in [1.82, 2.24) is 5.32 Å². The van der Waals surface area contributed by atoms with E-state index in [1.807, 2.05) is 18.2 Å². The monoisotopic (exact) mass is 235 g/mol. The zero-order valence-electron chi connectivity index (χ0n) is 9.78. The van der Waals surface area contributed by atoms with Gasteiger partial charge in [-0.05, 0) is 38.1 Å². The Morgan fingerprint density at radius 2 is 1.82 bits per heavy atom. The van der Waals surface area contributed by atoms with Crippen molar-refractivity contribution in [1.29, 1.82) is 0 Å². The van der Waals surface area contributed by atoms with Crippen molar-refractivity contribution in [3.63, 3.8) is 0 Å². The summed E-state index contributed by atoms with van der Waals surface area (Å²) in [5.74, 6) is 2.48. The number of nitrogens with one attached hydrogen (secondary N) is 1. The van der Waals surface area contributed by atoms with Crippen LogP contribution in [0.1, 0.15) is 12.8 Å². The molecule has 0 radical (unpaired) electrons. The Kier molecular flexibility index (Phi) is 3.05. The predicted octanol–water partition coefficient (Wildman–Crippen LogP) is 1.59. The molecule has 0 saturated carbocycles. The maximum Gasteiger partial charge on any atom is 0.165 e. The molecule has 3 rings (SSSR count). The first kappa shape index (κ1) is 10.7. The molecule has 0 aromatic heterocycles. The highest BCUT2D eigenvalue weighted by atomic mass is 16.6. The highest BCUT2D eigenvalue weighted by molar-refractivity contribution is 5.46. The van der Waals surface area contributed by atoms with Crippen LogP contribution in [0.3, 0.4) is 0 Å². The van der Waals surface area contributed by atoms with Gasteiger partial charge < -0.3 is 19.5 Å². The molecular formula is C13H17NO3. The second-order valence-electron chi connectivity index (χ2n) is 4.37. The van der Waals surface area contributed by atoms with E-state index < -0.39 is 0 Å². The molecule has 2 aliphatic rings. The van der Waals surface area contributed by atoms with E-state index in [4.69, 9.17) is 14.2 Å². The molecule has 4 heteroatoms. The van der Waals surface area contributed by atoms with E-state index in [1.54, 1.807) is 0 Å². The molecule has 0 spiro atoms. The molecule has 0 unspecified atom stereocenters. The maximum atomic E-state index is 5.95. The van der Waals surface area contributed by atoms with Crippen molar-refractivity contribution in [2.45, 2.75) is 18.9 Å². The summed E-state index contributed by atoms with van der Waals surface area (Å²) in [5, 5.41) is 3.33. The molecule has 92 valence electrons. The van der Waals surface area contributed by atoms with Gasteiger partial charge >= 0.3 is 0 Å². The van der Waals surface area contributed by atoms with Crippen molar-refractivity contribution < 1.29 is 14.2 Å². The molecule has 0 amide bonds. The first-order valence-corrected chi connectivity index (χ1v) is 6.19. The summed E-state index contributed by atoms with van der Waals surface area (Å²) in [6.07, 6.45) is 2.45. The Hall–Kier alpha value is -1.42. The van der Waals surface area contributed by atoms with Gasteiger partial charge in [0.05, 0.1) is 0 Å². The van der Waals surface area contributed by atoms with E-state index in [-0.39, 0.29) is 0 Å². The summed E-state index contributed by atoms with van der Waals surface area (Å²) in [5.41, 5.74) is 0. The molecule has 1 N–H and O–H groups in total. The van der Waals surface area contributed by atoms with Crippen molar-refractivity contribution in [3.8, 4) is 17.2 Å². The molecule has 1 aromatic carbocycles. The number of ether oxygens (including phenoxy) is 3. The zero-order valence-corrected chi connectivity index (χ0v) is 9.78. The van der Waals surface area contributed by atoms with Crippen molar-refractivity contribution >= 4 is 0 Å². The summed E-state index contributed by atoms with van der Waals surface area (Å²) < 4.78 is 17.0. The topological polar surface area (TPSA) is 39.7 Å². The number of hydrogen-bond acceptors (Lipinski definition) is 4. The molecular weight excluding hydrogens is 218 g/mol. The number of rotatable bonds is 2. The van der Waals surface area contributed by atoms with Gasteiger partial charge in [-0.15, -0.1) is 0 Å². The molecule has 17 heavy (non-hydrogen) atoms. The Morgan fingerprint density at radius 1 is 1.06 bits per heavy atom. The molecule has 0 aliphatic carbocycles. The summed E-state index contributed by atoms with van der Waals surface area (Å²) in [4.78, 5) is 0. The molecule has 1 fully saturated rings. The van der Waals surface area contributed by atoms with Crippen molar-refractivity contribution in [3.05, 3.63) is 18.2 Å². The summed E-state index contributed by atoms with van der Waals surface area (Å²) in [7, 11) is 0. The molecule has 0 atom stereocenters. The van der Waals surface area contributed by atoms with Crippen LogP contribution in [-0.2, 0) is 0 Å². The van der Waals surface area contributed by atoms with Crippen LogP contribution in [0.25, 0.3) is 0 Å². The Bertz CT molecular complexity index is 388. The molecule has 1 saturated heterocycles. The van der Waals surface area contributed by atoms with E-state index >= 15 is 0 Å². The van der Waals surface area contributed by atoms with Crippen LogP contribution in [0.15, 0.2) is 18.2 Å². The zero-order chi connectivity index (χ0) is 11.5. The Labute approximate surface area is 101 Å². The third-order valence-electron chi connectivity index (χ3n) is 3.10. The fraction of sp³-hybridized carbons (Fsp3) is 0.538. The van der Waals surface area contributed by atoms with Gasteiger partial charge in [0, 0.05) is 6.07 Å². The molecule has 2 heterocycles. The van der Waals surface area contributed by atoms with E-state index in [2.05, 4.69) is 5.32 Å². The van der Waals surface area contributed by atoms with Crippen LogP contribution in [0.2, 0.25) is 0 Å². The third-order valence-corrected chi connectivity index (χ3v) is 3.10. The average molecular weight is 235 g/mol. The van der Waals surface area contributed by atoms with E-state index in [0.29, 0.717) is 19.3 Å². The van der Waals surface area contributed by atoms with Gasteiger partial charge in [-0.3, -0.25) is 0 Å². The van der Waals surface area contributed by atoms with Gasteiger partial charge in [0.1, 0.15) is 25.1 Å². The van der Waals surface area contributed by atoms with Gasteiger partial charge in [0.25, 0.3) is 0 Å². The predicted molar refractivity (Wildman–Crippen MR) is 64.0 cm³/mol. The fourth-order valence-corrected chi connectivity index (χ4v) is 2.20. The number of hydrogen-bond donors (Lipinski definition) is 1. The van der Waals surface area contributed by atoms with Crippen molar-refractivity contribution in [2.75, 3.05) is 26.3 Å². The lowest BCUT2D eigenvalue weighted by molar-refractivity contribution is 0.154. The van der Waals surface area contributed by atoms with Gasteiger partial charge in [0.15, 0.2) is 11.5 Å². The molecule has 4 nitrogen and oxygen atoms in total. The number of benzene rings is 1. The second-order valence-corrected chi connectivity index (χ2v) is 4.37. The average Bonchev–Trinajstić information content (AvgIpc) is 2.40. The van der Waals surface area contributed by atoms with E-state index in [9.17, 15) is 0 Å². The van der Waals surface area contributed by atoms with Crippen LogP contribution >= 0.6 is 0 Å². The van der Waals surface area contributed by atoms with Crippen LogP contribution in [-0.4, -0.2) is 32.4 Å². The lowest BCUT2D eigenvalue weighted by Crippen LogP contribution is -2.34. The first-order chi connectivity index (χ1) is 8.42. The Balaban J connectivity index is 1.70. The van der Waals surface area contributed by atoms with Crippen LogP contribution in [0.5, 0.6) is 17.2 Å². The molecule has 2 aliphatic heterocycles. The minimum absolute atomic E-state index is 0.318. The minimum atomic E-state index is 0.318.